The lowest BCUT2D eigenvalue weighted by Crippen LogP contribution is -2.43. The van der Waals surface area contributed by atoms with Crippen LogP contribution in [0, 0.1) is 0 Å². The van der Waals surface area contributed by atoms with E-state index in [4.69, 9.17) is 9.47 Å². The molecule has 0 aromatic heterocycles. The standard InChI is InChI=1S/C31H33N3O7/c1-3-40-28(36)19-18-27(35)32-24-16-10-8-14-22(24)29(37)33-25-17-11-9-15-23(25)30(38)34-26(31(39)41-4-2)20-21-12-6-5-7-13-21/h5-17,26H,3-4,18-20H2,1-2H3,(H,32,35)(H,33,37)(H,34,38). The number of amides is 3. The summed E-state index contributed by atoms with van der Waals surface area (Å²) < 4.78 is 10.0. The molecule has 0 fully saturated rings. The van der Waals surface area contributed by atoms with E-state index in [1.165, 1.54) is 12.1 Å². The molecule has 1 unspecified atom stereocenters. The molecule has 3 N–H and O–H groups in total. The first-order chi connectivity index (χ1) is 19.8. The summed E-state index contributed by atoms with van der Waals surface area (Å²) >= 11 is 0. The summed E-state index contributed by atoms with van der Waals surface area (Å²) in [5.41, 5.74) is 1.58. The van der Waals surface area contributed by atoms with Gasteiger partial charge in [0, 0.05) is 12.8 Å². The molecule has 10 nitrogen and oxygen atoms in total. The van der Waals surface area contributed by atoms with Crippen LogP contribution in [0.4, 0.5) is 11.4 Å². The van der Waals surface area contributed by atoms with E-state index in [0.29, 0.717) is 0 Å². The quantitative estimate of drug-likeness (QED) is 0.268. The number of benzene rings is 3. The third-order valence-electron chi connectivity index (χ3n) is 5.89. The lowest BCUT2D eigenvalue weighted by molar-refractivity contribution is -0.145. The summed E-state index contributed by atoms with van der Waals surface area (Å²) in [6.45, 7) is 3.74. The van der Waals surface area contributed by atoms with E-state index >= 15 is 0 Å². The number of hydrogen-bond acceptors (Lipinski definition) is 7. The van der Waals surface area contributed by atoms with Crippen LogP contribution in [0.15, 0.2) is 78.9 Å². The summed E-state index contributed by atoms with van der Waals surface area (Å²) in [5.74, 6) is -2.66. The van der Waals surface area contributed by atoms with Crippen molar-refractivity contribution >= 4 is 41.0 Å². The lowest BCUT2D eigenvalue weighted by atomic mass is 10.0. The zero-order chi connectivity index (χ0) is 29.6. The predicted molar refractivity (Wildman–Crippen MR) is 153 cm³/mol. The van der Waals surface area contributed by atoms with E-state index in [2.05, 4.69) is 16.0 Å². The minimum absolute atomic E-state index is 0.0897. The highest BCUT2D eigenvalue weighted by atomic mass is 16.5. The molecule has 41 heavy (non-hydrogen) atoms. The molecule has 0 saturated carbocycles. The predicted octanol–water partition coefficient (Wildman–Crippen LogP) is 4.12. The molecule has 0 spiro atoms. The number of hydrogen-bond donors (Lipinski definition) is 3. The molecule has 0 radical (unpaired) electrons. The smallest absolute Gasteiger partial charge is 0.328 e. The molecule has 0 aliphatic rings. The molecule has 3 amide bonds. The van der Waals surface area contributed by atoms with Crippen molar-refractivity contribution in [2.24, 2.45) is 0 Å². The van der Waals surface area contributed by atoms with E-state index in [0.717, 1.165) is 5.56 Å². The molecule has 0 saturated heterocycles. The van der Waals surface area contributed by atoms with Crippen LogP contribution in [0.25, 0.3) is 0 Å². The largest absolute Gasteiger partial charge is 0.466 e. The monoisotopic (exact) mass is 559 g/mol. The van der Waals surface area contributed by atoms with Gasteiger partial charge in [0.15, 0.2) is 0 Å². The minimum Gasteiger partial charge on any atom is -0.466 e. The van der Waals surface area contributed by atoms with Crippen molar-refractivity contribution in [3.63, 3.8) is 0 Å². The first-order valence-corrected chi connectivity index (χ1v) is 13.3. The van der Waals surface area contributed by atoms with Gasteiger partial charge in [-0.05, 0) is 43.7 Å². The zero-order valence-electron chi connectivity index (χ0n) is 23.0. The molecule has 0 bridgehead atoms. The van der Waals surface area contributed by atoms with Crippen LogP contribution >= 0.6 is 0 Å². The van der Waals surface area contributed by atoms with Crippen LogP contribution in [0.2, 0.25) is 0 Å². The summed E-state index contributed by atoms with van der Waals surface area (Å²) in [6.07, 6.45) is 0.0270. The average Bonchev–Trinajstić information content (AvgIpc) is 2.97. The van der Waals surface area contributed by atoms with Gasteiger partial charge in [0.1, 0.15) is 6.04 Å². The zero-order valence-corrected chi connectivity index (χ0v) is 23.0. The first-order valence-electron chi connectivity index (χ1n) is 13.3. The average molecular weight is 560 g/mol. The molecular formula is C31H33N3O7. The van der Waals surface area contributed by atoms with Crippen molar-refractivity contribution in [2.45, 2.75) is 39.2 Å². The Morgan fingerprint density at radius 2 is 1.22 bits per heavy atom. The fourth-order valence-electron chi connectivity index (χ4n) is 3.95. The van der Waals surface area contributed by atoms with Crippen molar-refractivity contribution < 1.29 is 33.4 Å². The second-order valence-corrected chi connectivity index (χ2v) is 8.87. The van der Waals surface area contributed by atoms with Gasteiger partial charge in [-0.2, -0.15) is 0 Å². The second kappa shape index (κ2) is 15.6. The van der Waals surface area contributed by atoms with E-state index in [-0.39, 0.29) is 55.0 Å². The van der Waals surface area contributed by atoms with Gasteiger partial charge in [-0.15, -0.1) is 0 Å². The number of nitrogens with one attached hydrogen (secondary N) is 3. The van der Waals surface area contributed by atoms with Gasteiger partial charge < -0.3 is 25.4 Å². The highest BCUT2D eigenvalue weighted by molar-refractivity contribution is 6.13. The van der Waals surface area contributed by atoms with Gasteiger partial charge in [0.25, 0.3) is 11.8 Å². The Morgan fingerprint density at radius 1 is 0.659 bits per heavy atom. The van der Waals surface area contributed by atoms with E-state index < -0.39 is 35.7 Å². The normalized spacial score (nSPS) is 11.1. The number of carbonyl (C=O) groups excluding carboxylic acids is 5. The van der Waals surface area contributed by atoms with Crippen LogP contribution in [0.5, 0.6) is 0 Å². The number of anilines is 2. The molecule has 0 aliphatic carbocycles. The molecule has 214 valence electrons. The van der Waals surface area contributed by atoms with Crippen LogP contribution < -0.4 is 16.0 Å². The number of para-hydroxylation sites is 2. The Labute approximate surface area is 238 Å². The molecule has 3 rings (SSSR count). The third kappa shape index (κ3) is 9.31. The van der Waals surface area contributed by atoms with Gasteiger partial charge in [0.2, 0.25) is 5.91 Å². The molecule has 3 aromatic carbocycles. The second-order valence-electron chi connectivity index (χ2n) is 8.87. The van der Waals surface area contributed by atoms with Gasteiger partial charge in [-0.25, -0.2) is 4.79 Å². The summed E-state index contributed by atoms with van der Waals surface area (Å²) in [6, 6.07) is 21.0. The number of carbonyl (C=O) groups is 5. The minimum atomic E-state index is -0.945. The third-order valence-corrected chi connectivity index (χ3v) is 5.89. The van der Waals surface area contributed by atoms with Crippen molar-refractivity contribution in [1.29, 1.82) is 0 Å². The highest BCUT2D eigenvalue weighted by Gasteiger charge is 2.25. The maximum atomic E-state index is 13.3. The summed E-state index contributed by atoms with van der Waals surface area (Å²) in [4.78, 5) is 63.2. The molecular weight excluding hydrogens is 526 g/mol. The molecule has 10 heteroatoms. The van der Waals surface area contributed by atoms with Gasteiger partial charge >= 0.3 is 11.9 Å². The maximum absolute atomic E-state index is 13.3. The summed E-state index contributed by atoms with van der Waals surface area (Å²) in [5, 5.41) is 8.10. The van der Waals surface area contributed by atoms with E-state index in [9.17, 15) is 24.0 Å². The number of esters is 2. The SMILES string of the molecule is CCOC(=O)CCC(=O)Nc1ccccc1C(=O)Nc1ccccc1C(=O)NC(Cc1ccccc1)C(=O)OCC. The molecule has 0 heterocycles. The van der Waals surface area contributed by atoms with Crippen molar-refractivity contribution in [3.8, 4) is 0 Å². The van der Waals surface area contributed by atoms with Crippen LogP contribution in [-0.4, -0.2) is 48.9 Å². The molecule has 3 aromatic rings. The van der Waals surface area contributed by atoms with E-state index in [1.807, 2.05) is 30.3 Å². The Bertz CT molecular complexity index is 1370. The maximum Gasteiger partial charge on any atom is 0.328 e. The van der Waals surface area contributed by atoms with E-state index in [1.54, 1.807) is 50.2 Å². The molecule has 0 aliphatic heterocycles. The van der Waals surface area contributed by atoms with Crippen molar-refractivity contribution in [3.05, 3.63) is 95.6 Å². The van der Waals surface area contributed by atoms with Gasteiger partial charge in [-0.3, -0.25) is 19.2 Å². The topological polar surface area (TPSA) is 140 Å². The van der Waals surface area contributed by atoms with Crippen molar-refractivity contribution in [2.75, 3.05) is 23.8 Å². The first kappa shape index (κ1) is 30.6. The Balaban J connectivity index is 1.75. The Morgan fingerprint density at radius 3 is 1.85 bits per heavy atom. The fraction of sp³-hybridized carbons (Fsp3) is 0.258. The lowest BCUT2D eigenvalue weighted by Gasteiger charge is -2.19. The number of rotatable bonds is 13. The molecule has 1 atom stereocenters. The Hall–Kier alpha value is -4.99. The number of ether oxygens (including phenoxy) is 2. The van der Waals surface area contributed by atoms with Crippen LogP contribution in [0.3, 0.4) is 0 Å². The van der Waals surface area contributed by atoms with Gasteiger partial charge in [-0.1, -0.05) is 54.6 Å². The van der Waals surface area contributed by atoms with Gasteiger partial charge in [0.05, 0.1) is 42.1 Å². The summed E-state index contributed by atoms with van der Waals surface area (Å²) in [7, 11) is 0. The fourth-order valence-corrected chi connectivity index (χ4v) is 3.95. The van der Waals surface area contributed by atoms with Crippen LogP contribution in [0.1, 0.15) is 53.0 Å². The van der Waals surface area contributed by atoms with Crippen LogP contribution in [-0.2, 0) is 30.3 Å². The van der Waals surface area contributed by atoms with Crippen molar-refractivity contribution in [1.82, 2.24) is 5.32 Å². The Kier molecular flexibility index (Phi) is 11.6. The highest BCUT2D eigenvalue weighted by Crippen LogP contribution is 2.21.